The molecular weight excluding hydrogens is 604 g/mol. The Morgan fingerprint density at radius 2 is 1.79 bits per heavy atom. The lowest BCUT2D eigenvalue weighted by atomic mass is 9.34. The number of hydrogen-bond acceptors (Lipinski definition) is 8. The number of anilines is 1. The average molecular weight is 671 g/mol. The van der Waals surface area contributed by atoms with Crippen molar-refractivity contribution in [3.63, 3.8) is 0 Å². The van der Waals surface area contributed by atoms with Crippen molar-refractivity contribution < 1.29 is 19.7 Å². The summed E-state index contributed by atoms with van der Waals surface area (Å²) in [6.07, 6.45) is 8.08. The maximum atomic E-state index is 13.4. The number of fused-ring (bicyclic) bond motifs is 5. The largest absolute Gasteiger partial charge is 0.481 e. The lowest BCUT2D eigenvalue weighted by molar-refractivity contribution is -0.215. The first-order valence-corrected chi connectivity index (χ1v) is 18.7. The highest BCUT2D eigenvalue weighted by Crippen LogP contribution is 2.75. The molecule has 0 bridgehead atoms. The number of aromatic nitrogens is 4. The summed E-state index contributed by atoms with van der Waals surface area (Å²) in [7, 11) is 0. The monoisotopic (exact) mass is 671 g/mol. The second-order valence-electron chi connectivity index (χ2n) is 18.5. The Morgan fingerprint density at radius 1 is 1.12 bits per heavy atom. The molecular formula is C38H66N6O4. The van der Waals surface area contributed by atoms with E-state index in [4.69, 9.17) is 16.2 Å². The van der Waals surface area contributed by atoms with Crippen molar-refractivity contribution in [2.24, 2.45) is 62.4 Å². The molecule has 1 heterocycles. The van der Waals surface area contributed by atoms with Gasteiger partial charge in [-0.1, -0.05) is 79.1 Å². The number of carboxylic acids is 1. The zero-order valence-electron chi connectivity index (χ0n) is 31.7. The highest BCUT2D eigenvalue weighted by atomic mass is 16.5. The summed E-state index contributed by atoms with van der Waals surface area (Å²) >= 11 is 0. The third kappa shape index (κ3) is 5.37. The smallest absolute Gasteiger partial charge is 0.307 e. The van der Waals surface area contributed by atoms with Crippen LogP contribution in [0.1, 0.15) is 134 Å². The maximum absolute atomic E-state index is 13.4. The molecule has 3 saturated carbocycles. The first-order chi connectivity index (χ1) is 22.1. The molecule has 0 spiro atoms. The van der Waals surface area contributed by atoms with Crippen LogP contribution in [-0.4, -0.2) is 60.7 Å². The molecule has 48 heavy (non-hydrogen) atoms. The lowest BCUT2D eigenvalue weighted by Crippen LogP contribution is -2.67. The number of aliphatic hydroxyl groups excluding tert-OH is 1. The van der Waals surface area contributed by atoms with Gasteiger partial charge >= 0.3 is 5.97 Å². The van der Waals surface area contributed by atoms with E-state index in [9.17, 15) is 15.0 Å². The van der Waals surface area contributed by atoms with Gasteiger partial charge in [0, 0.05) is 17.6 Å². The van der Waals surface area contributed by atoms with Crippen LogP contribution in [0.2, 0.25) is 0 Å². The Bertz CT molecular complexity index is 1390. The number of hydrogen-bond donors (Lipinski definition) is 4. The second kappa shape index (κ2) is 12.3. The summed E-state index contributed by atoms with van der Waals surface area (Å²) in [6.45, 7) is 24.8. The summed E-state index contributed by atoms with van der Waals surface area (Å²) in [5, 5.41) is 36.1. The molecule has 1 aromatic heterocycles. The molecule has 6 N–H and O–H groups in total. The van der Waals surface area contributed by atoms with E-state index in [-0.39, 0.29) is 57.6 Å². The van der Waals surface area contributed by atoms with Gasteiger partial charge in [0.2, 0.25) is 0 Å². The summed E-state index contributed by atoms with van der Waals surface area (Å²) in [5.74, 6) is -0.0618. The van der Waals surface area contributed by atoms with Crippen LogP contribution in [0.25, 0.3) is 0 Å². The second-order valence-corrected chi connectivity index (χ2v) is 18.5. The van der Waals surface area contributed by atoms with Gasteiger partial charge in [0.15, 0.2) is 0 Å². The predicted octanol–water partition coefficient (Wildman–Crippen LogP) is 6.66. The molecule has 3 fully saturated rings. The Balaban J connectivity index is 1.62. The predicted molar refractivity (Wildman–Crippen MR) is 189 cm³/mol. The molecule has 0 aliphatic heterocycles. The molecule has 0 saturated heterocycles. The number of nitrogens with zero attached hydrogens (tertiary/aromatic N) is 4. The number of allylic oxidation sites excluding steroid dienone is 1. The zero-order chi connectivity index (χ0) is 35.8. The number of carboxylic acid groups (broad SMARTS) is 1. The van der Waals surface area contributed by atoms with Crippen LogP contribution in [-0.2, 0) is 9.53 Å². The molecule has 0 amide bonds. The van der Waals surface area contributed by atoms with E-state index < -0.39 is 28.8 Å². The Kier molecular flexibility index (Phi) is 9.56. The van der Waals surface area contributed by atoms with Gasteiger partial charge in [0.25, 0.3) is 5.95 Å². The zero-order valence-corrected chi connectivity index (χ0v) is 31.7. The van der Waals surface area contributed by atoms with Crippen LogP contribution >= 0.6 is 0 Å². The molecule has 4 aliphatic carbocycles. The van der Waals surface area contributed by atoms with Crippen LogP contribution < -0.4 is 11.5 Å². The van der Waals surface area contributed by atoms with Crippen LogP contribution in [0.15, 0.2) is 11.6 Å². The van der Waals surface area contributed by atoms with E-state index in [0.29, 0.717) is 25.4 Å². The fourth-order valence-electron chi connectivity index (χ4n) is 12.0. The van der Waals surface area contributed by atoms with Crippen molar-refractivity contribution in [1.29, 1.82) is 0 Å². The van der Waals surface area contributed by atoms with Crippen LogP contribution in [0, 0.1) is 56.7 Å². The van der Waals surface area contributed by atoms with Gasteiger partial charge in [0.05, 0.1) is 18.1 Å². The molecule has 10 heteroatoms. The van der Waals surface area contributed by atoms with E-state index in [2.05, 4.69) is 90.7 Å². The number of carbonyl (C=O) groups is 1. The molecule has 10 nitrogen and oxygen atoms in total. The Hall–Kier alpha value is -2.04. The van der Waals surface area contributed by atoms with Gasteiger partial charge in [-0.3, -0.25) is 4.79 Å². The standard InChI is InChI=1S/C38H66N6O4/c1-12-34(8,40)19-20-48-30-27(44-42-32(39)41-43-44)21-38(24(5)45)26-15-16-37(11)29(31(46)47)35(9,23(4)22(2)3)17-18-36(37,10)25(26)13-14-28(38)33(30,6)7/h15,22-25,27-30,45H,12-14,16-21,40H2,1-11H3,(H2,39,42)(H,46,47)/t23-,24+,25+,27-,28+,29-,30+,34?,35-,36-,37+,38+/m1/s1. The first-order valence-electron chi connectivity index (χ1n) is 18.7. The highest BCUT2D eigenvalue weighted by Gasteiger charge is 2.71. The molecule has 272 valence electrons. The third-order valence-corrected chi connectivity index (χ3v) is 15.7. The van der Waals surface area contributed by atoms with Crippen molar-refractivity contribution in [1.82, 2.24) is 20.2 Å². The normalized spacial score (nSPS) is 41.7. The number of ether oxygens (including phenoxy) is 1. The number of nitrogen functional groups attached to an aromatic ring is 1. The fraction of sp³-hybridized carbons (Fsp3) is 0.895. The van der Waals surface area contributed by atoms with Crippen molar-refractivity contribution in [2.45, 2.75) is 151 Å². The Labute approximate surface area is 289 Å². The quantitative estimate of drug-likeness (QED) is 0.199. The van der Waals surface area contributed by atoms with Crippen molar-refractivity contribution >= 4 is 11.9 Å². The minimum absolute atomic E-state index is 0.113. The van der Waals surface area contributed by atoms with Gasteiger partial charge in [-0.05, 0) is 116 Å². The molecule has 5 rings (SSSR count). The van der Waals surface area contributed by atoms with E-state index in [1.54, 1.807) is 4.80 Å². The number of aliphatic hydroxyl groups is 1. The van der Waals surface area contributed by atoms with E-state index in [0.717, 1.165) is 38.5 Å². The fourth-order valence-corrected chi connectivity index (χ4v) is 12.0. The average Bonchev–Trinajstić information content (AvgIpc) is 3.43. The lowest BCUT2D eigenvalue weighted by Gasteiger charge is -2.70. The minimum Gasteiger partial charge on any atom is -0.481 e. The summed E-state index contributed by atoms with van der Waals surface area (Å²) in [5.41, 5.74) is 11.6. The van der Waals surface area contributed by atoms with E-state index >= 15 is 0 Å². The molecule has 0 aromatic carbocycles. The van der Waals surface area contributed by atoms with Crippen LogP contribution in [0.5, 0.6) is 0 Å². The highest BCUT2D eigenvalue weighted by molar-refractivity contribution is 5.73. The molecule has 1 unspecified atom stereocenters. The third-order valence-electron chi connectivity index (χ3n) is 15.7. The SMILES string of the molecule is CCC(C)(N)CCO[C@H]1[C@H](n2nnc(N)n2)C[C@]2([C@H](C)O)C3=CC[C@@]4(C)[C@H](C(=O)O)[C@@](C)([C@H](C)C(C)C)CC[C@]4(C)[C@H]3CC[C@H]2C1(C)C. The van der Waals surface area contributed by atoms with Crippen molar-refractivity contribution in [2.75, 3.05) is 12.3 Å². The van der Waals surface area contributed by atoms with E-state index in [1.165, 1.54) is 5.57 Å². The van der Waals surface area contributed by atoms with Gasteiger partial charge in [-0.15, -0.1) is 5.10 Å². The summed E-state index contributed by atoms with van der Waals surface area (Å²) < 4.78 is 6.83. The van der Waals surface area contributed by atoms with E-state index in [1.807, 2.05) is 6.92 Å². The van der Waals surface area contributed by atoms with Gasteiger partial charge in [0.1, 0.15) is 6.04 Å². The number of aliphatic carboxylic acids is 1. The van der Waals surface area contributed by atoms with Gasteiger partial charge in [-0.25, -0.2) is 0 Å². The summed E-state index contributed by atoms with van der Waals surface area (Å²) in [4.78, 5) is 15.1. The summed E-state index contributed by atoms with van der Waals surface area (Å²) in [6, 6.07) is -0.310. The van der Waals surface area contributed by atoms with Crippen molar-refractivity contribution in [3.8, 4) is 0 Å². The van der Waals surface area contributed by atoms with Crippen LogP contribution in [0.4, 0.5) is 5.95 Å². The molecule has 12 atom stereocenters. The number of rotatable bonds is 10. The maximum Gasteiger partial charge on any atom is 0.307 e. The van der Waals surface area contributed by atoms with Gasteiger partial charge in [-0.2, -0.15) is 4.80 Å². The number of tetrazole rings is 1. The van der Waals surface area contributed by atoms with Gasteiger partial charge < -0.3 is 26.4 Å². The molecule has 1 aromatic rings. The molecule has 0 radical (unpaired) electrons. The minimum atomic E-state index is -0.667. The van der Waals surface area contributed by atoms with Crippen molar-refractivity contribution in [3.05, 3.63) is 11.6 Å². The number of nitrogens with two attached hydrogens (primary N) is 2. The topological polar surface area (TPSA) is 162 Å². The van der Waals surface area contributed by atoms with Crippen LogP contribution in [0.3, 0.4) is 0 Å². The first kappa shape index (κ1) is 37.2. The Morgan fingerprint density at radius 3 is 2.33 bits per heavy atom. The molecule has 4 aliphatic rings.